The number of para-hydroxylation sites is 1. The van der Waals surface area contributed by atoms with Crippen molar-refractivity contribution in [3.8, 4) is 11.6 Å². The maximum Gasteiger partial charge on any atom is 0.236 e. The van der Waals surface area contributed by atoms with Crippen molar-refractivity contribution < 1.29 is 4.74 Å². The normalized spacial score (nSPS) is 10.3. The molecule has 0 spiro atoms. The molecule has 1 aromatic carbocycles. The smallest absolute Gasteiger partial charge is 0.236 e. The van der Waals surface area contributed by atoms with Crippen LogP contribution in [0, 0.1) is 6.92 Å². The maximum absolute atomic E-state index is 5.41. The van der Waals surface area contributed by atoms with E-state index in [-0.39, 0.29) is 0 Å². The van der Waals surface area contributed by atoms with E-state index in [1.165, 1.54) is 0 Å². The van der Waals surface area contributed by atoms with Gasteiger partial charge >= 0.3 is 0 Å². The average Bonchev–Trinajstić information content (AvgIpc) is 2.63. The summed E-state index contributed by atoms with van der Waals surface area (Å²) in [5.41, 5.74) is 2.10. The maximum atomic E-state index is 5.41. The Morgan fingerprint density at radius 1 is 1.27 bits per heavy atom. The molecule has 1 aromatic heterocycles. The van der Waals surface area contributed by atoms with Gasteiger partial charge in [0.15, 0.2) is 0 Å². The zero-order valence-electron chi connectivity index (χ0n) is 8.97. The number of hydrogen-bond acceptors (Lipinski definition) is 2. The van der Waals surface area contributed by atoms with Gasteiger partial charge in [0.2, 0.25) is 5.88 Å². The highest BCUT2D eigenvalue weighted by molar-refractivity contribution is 5.33. The Bertz CT molecular complexity index is 434. The predicted octanol–water partition coefficient (Wildman–Crippen LogP) is 2.58. The lowest BCUT2D eigenvalue weighted by molar-refractivity contribution is 0.322. The summed E-state index contributed by atoms with van der Waals surface area (Å²) in [6, 6.07) is 10.0. The highest BCUT2D eigenvalue weighted by Crippen LogP contribution is 2.17. The molecule has 0 radical (unpaired) electrons. The highest BCUT2D eigenvalue weighted by Gasteiger charge is 2.05. The van der Waals surface area contributed by atoms with Crippen molar-refractivity contribution in [3.05, 3.63) is 42.1 Å². The van der Waals surface area contributed by atoms with Crippen molar-refractivity contribution >= 4 is 0 Å². The third-order valence-corrected chi connectivity index (χ3v) is 2.15. The summed E-state index contributed by atoms with van der Waals surface area (Å²) in [6.07, 6.45) is 1.97. The van der Waals surface area contributed by atoms with E-state index in [2.05, 4.69) is 5.10 Å². The van der Waals surface area contributed by atoms with E-state index in [0.29, 0.717) is 12.5 Å². The Balaban J connectivity index is 2.34. The van der Waals surface area contributed by atoms with E-state index < -0.39 is 0 Å². The minimum absolute atomic E-state index is 0.645. The second-order valence-electron chi connectivity index (χ2n) is 3.33. The minimum Gasteiger partial charge on any atom is -0.477 e. The van der Waals surface area contributed by atoms with Crippen LogP contribution < -0.4 is 4.74 Å². The fourth-order valence-corrected chi connectivity index (χ4v) is 1.44. The van der Waals surface area contributed by atoms with Crippen LogP contribution in [0.4, 0.5) is 0 Å². The van der Waals surface area contributed by atoms with Crippen molar-refractivity contribution in [2.75, 3.05) is 6.61 Å². The van der Waals surface area contributed by atoms with E-state index in [0.717, 1.165) is 11.3 Å². The van der Waals surface area contributed by atoms with Gasteiger partial charge in [-0.3, -0.25) is 0 Å². The zero-order chi connectivity index (χ0) is 10.7. The molecule has 0 aliphatic rings. The van der Waals surface area contributed by atoms with Crippen molar-refractivity contribution in [3.63, 3.8) is 0 Å². The van der Waals surface area contributed by atoms with Crippen molar-refractivity contribution in [1.82, 2.24) is 9.78 Å². The first-order valence-electron chi connectivity index (χ1n) is 5.05. The molecule has 0 aliphatic heterocycles. The van der Waals surface area contributed by atoms with Gasteiger partial charge in [-0.05, 0) is 26.0 Å². The second kappa shape index (κ2) is 4.17. The number of aryl methyl sites for hydroxylation is 1. The summed E-state index contributed by atoms with van der Waals surface area (Å²) in [4.78, 5) is 0. The van der Waals surface area contributed by atoms with Gasteiger partial charge in [-0.15, -0.1) is 5.10 Å². The van der Waals surface area contributed by atoms with E-state index in [4.69, 9.17) is 4.74 Å². The minimum atomic E-state index is 0.645. The molecule has 3 nitrogen and oxygen atoms in total. The molecule has 0 saturated carbocycles. The number of hydrogen-bond donors (Lipinski definition) is 0. The summed E-state index contributed by atoms with van der Waals surface area (Å²) in [5, 5.41) is 4.36. The Labute approximate surface area is 89.3 Å². The molecule has 0 amide bonds. The standard InChI is InChI=1S/C12H14N2O/c1-3-15-12-10(2)9-14(13-12)11-7-5-4-6-8-11/h4-9H,3H2,1-2H3. The average molecular weight is 202 g/mol. The number of aromatic nitrogens is 2. The van der Waals surface area contributed by atoms with Crippen LogP contribution in [0.15, 0.2) is 36.5 Å². The second-order valence-corrected chi connectivity index (χ2v) is 3.33. The van der Waals surface area contributed by atoms with Crippen LogP contribution in [0.1, 0.15) is 12.5 Å². The summed E-state index contributed by atoms with van der Waals surface area (Å²) >= 11 is 0. The zero-order valence-corrected chi connectivity index (χ0v) is 8.97. The molecule has 2 rings (SSSR count). The first kappa shape index (κ1) is 9.77. The summed E-state index contributed by atoms with van der Waals surface area (Å²) in [7, 11) is 0. The van der Waals surface area contributed by atoms with Gasteiger partial charge in [0.05, 0.1) is 12.3 Å². The first-order chi connectivity index (χ1) is 7.31. The van der Waals surface area contributed by atoms with Crippen LogP contribution in [0.5, 0.6) is 5.88 Å². The Morgan fingerprint density at radius 2 is 2.00 bits per heavy atom. The highest BCUT2D eigenvalue weighted by atomic mass is 16.5. The summed E-state index contributed by atoms with van der Waals surface area (Å²) in [6.45, 7) is 4.60. The molecule has 0 aliphatic carbocycles. The van der Waals surface area contributed by atoms with Crippen LogP contribution in [0.2, 0.25) is 0 Å². The van der Waals surface area contributed by atoms with E-state index in [1.54, 1.807) is 0 Å². The third kappa shape index (κ3) is 2.01. The van der Waals surface area contributed by atoms with Crippen molar-refractivity contribution in [2.24, 2.45) is 0 Å². The Hall–Kier alpha value is -1.77. The summed E-state index contributed by atoms with van der Waals surface area (Å²) < 4.78 is 7.24. The molecule has 0 fully saturated rings. The van der Waals surface area contributed by atoms with Gasteiger partial charge in [0.1, 0.15) is 0 Å². The van der Waals surface area contributed by atoms with Crippen molar-refractivity contribution in [1.29, 1.82) is 0 Å². The van der Waals surface area contributed by atoms with Crippen LogP contribution >= 0.6 is 0 Å². The molecule has 0 bridgehead atoms. The molecule has 3 heteroatoms. The van der Waals surface area contributed by atoms with Crippen LogP contribution in [-0.2, 0) is 0 Å². The Kier molecular flexibility index (Phi) is 2.72. The largest absolute Gasteiger partial charge is 0.477 e. The van der Waals surface area contributed by atoms with Crippen LogP contribution in [0.25, 0.3) is 5.69 Å². The quantitative estimate of drug-likeness (QED) is 0.764. The molecule has 0 unspecified atom stereocenters. The molecule has 15 heavy (non-hydrogen) atoms. The molecule has 78 valence electrons. The van der Waals surface area contributed by atoms with E-state index in [1.807, 2.05) is 55.1 Å². The van der Waals surface area contributed by atoms with Gasteiger partial charge in [-0.2, -0.15) is 0 Å². The predicted molar refractivity (Wildman–Crippen MR) is 59.5 cm³/mol. The van der Waals surface area contributed by atoms with E-state index in [9.17, 15) is 0 Å². The molecular formula is C12H14N2O. The van der Waals surface area contributed by atoms with Gasteiger partial charge in [-0.1, -0.05) is 18.2 Å². The van der Waals surface area contributed by atoms with Gasteiger partial charge < -0.3 is 4.74 Å². The Morgan fingerprint density at radius 3 is 2.67 bits per heavy atom. The van der Waals surface area contributed by atoms with E-state index >= 15 is 0 Å². The fraction of sp³-hybridized carbons (Fsp3) is 0.250. The molecule has 0 N–H and O–H groups in total. The fourth-order valence-electron chi connectivity index (χ4n) is 1.44. The molecule has 0 saturated heterocycles. The molecule has 1 heterocycles. The summed E-state index contributed by atoms with van der Waals surface area (Å²) in [5.74, 6) is 0.710. The monoisotopic (exact) mass is 202 g/mol. The number of nitrogens with zero attached hydrogens (tertiary/aromatic N) is 2. The van der Waals surface area contributed by atoms with Crippen molar-refractivity contribution in [2.45, 2.75) is 13.8 Å². The van der Waals surface area contributed by atoms with Crippen LogP contribution in [-0.4, -0.2) is 16.4 Å². The lowest BCUT2D eigenvalue weighted by atomic mass is 10.3. The van der Waals surface area contributed by atoms with Gasteiger partial charge in [-0.25, -0.2) is 4.68 Å². The SMILES string of the molecule is CCOc1nn(-c2ccccc2)cc1C. The molecule has 2 aromatic rings. The molecular weight excluding hydrogens is 188 g/mol. The number of rotatable bonds is 3. The lowest BCUT2D eigenvalue weighted by Crippen LogP contribution is -1.96. The van der Waals surface area contributed by atoms with Gasteiger partial charge in [0.25, 0.3) is 0 Å². The lowest BCUT2D eigenvalue weighted by Gasteiger charge is -2.00. The number of benzene rings is 1. The number of ether oxygens (including phenoxy) is 1. The topological polar surface area (TPSA) is 27.1 Å². The van der Waals surface area contributed by atoms with Crippen LogP contribution in [0.3, 0.4) is 0 Å². The first-order valence-corrected chi connectivity index (χ1v) is 5.05. The third-order valence-electron chi connectivity index (χ3n) is 2.15. The van der Waals surface area contributed by atoms with Gasteiger partial charge in [0, 0.05) is 11.8 Å². The molecule has 0 atom stereocenters.